The smallest absolute Gasteiger partial charge is 0.255 e. The largest absolute Gasteiger partial charge is 0.338 e. The van der Waals surface area contributed by atoms with Crippen LogP contribution in [-0.4, -0.2) is 35.1 Å². The highest BCUT2D eigenvalue weighted by Gasteiger charge is 2.28. The summed E-state index contributed by atoms with van der Waals surface area (Å²) in [6.45, 7) is 0.788. The molecule has 5 aromatic rings. The normalized spacial score (nSPS) is 13.8. The van der Waals surface area contributed by atoms with Crippen molar-refractivity contribution in [2.45, 2.75) is 17.9 Å². The number of aromatic amines is 1. The van der Waals surface area contributed by atoms with Crippen molar-refractivity contribution in [3.05, 3.63) is 114 Å². The van der Waals surface area contributed by atoms with Crippen LogP contribution < -0.4 is 5.32 Å². The van der Waals surface area contributed by atoms with E-state index >= 15 is 0 Å². The van der Waals surface area contributed by atoms with Gasteiger partial charge in [-0.1, -0.05) is 36.4 Å². The van der Waals surface area contributed by atoms with Gasteiger partial charge in [-0.3, -0.25) is 4.79 Å². The van der Waals surface area contributed by atoms with E-state index in [9.17, 15) is 13.2 Å². The Kier molecular flexibility index (Phi) is 5.82. The van der Waals surface area contributed by atoms with Crippen LogP contribution in [0.3, 0.4) is 0 Å². The van der Waals surface area contributed by atoms with Crippen molar-refractivity contribution in [2.24, 2.45) is 0 Å². The fraction of sp³-hybridized carbons (Fsp3) is 0.103. The average molecular weight is 509 g/mol. The van der Waals surface area contributed by atoms with Gasteiger partial charge in [0.2, 0.25) is 10.0 Å². The Bertz CT molecular complexity index is 1680. The number of imidazole rings is 1. The molecule has 1 aliphatic rings. The van der Waals surface area contributed by atoms with Crippen LogP contribution in [0.25, 0.3) is 22.4 Å². The summed E-state index contributed by atoms with van der Waals surface area (Å²) < 4.78 is 27.9. The number of hydrogen-bond donors (Lipinski definition) is 2. The number of hydrogen-bond acceptors (Lipinski definition) is 4. The Morgan fingerprint density at radius 3 is 2.30 bits per heavy atom. The minimum atomic E-state index is -3.65. The average Bonchev–Trinajstić information content (AvgIpc) is 3.38. The van der Waals surface area contributed by atoms with E-state index in [1.165, 1.54) is 22.0 Å². The highest BCUT2D eigenvalue weighted by molar-refractivity contribution is 7.89. The van der Waals surface area contributed by atoms with Gasteiger partial charge in [0, 0.05) is 29.9 Å². The van der Waals surface area contributed by atoms with Gasteiger partial charge < -0.3 is 10.3 Å². The summed E-state index contributed by atoms with van der Waals surface area (Å²) in [6.07, 6.45) is 0.686. The van der Waals surface area contributed by atoms with Crippen LogP contribution >= 0.6 is 0 Å². The zero-order valence-electron chi connectivity index (χ0n) is 19.9. The van der Waals surface area contributed by atoms with Gasteiger partial charge in [0.15, 0.2) is 0 Å². The number of fused-ring (bicyclic) bond motifs is 2. The van der Waals surface area contributed by atoms with Gasteiger partial charge in [-0.25, -0.2) is 13.4 Å². The quantitative estimate of drug-likeness (QED) is 0.340. The molecule has 1 aliphatic heterocycles. The number of benzene rings is 4. The molecule has 2 heterocycles. The van der Waals surface area contributed by atoms with Crippen molar-refractivity contribution in [2.75, 3.05) is 11.9 Å². The Morgan fingerprint density at radius 2 is 1.54 bits per heavy atom. The van der Waals surface area contributed by atoms with Crippen molar-refractivity contribution in [1.82, 2.24) is 14.3 Å². The molecule has 0 atom stereocenters. The number of nitrogens with zero attached hydrogens (tertiary/aromatic N) is 2. The third kappa shape index (κ3) is 4.52. The standard InChI is InChI=1S/C29H24N4O3S/c34-29(30-24-13-9-21(10-14-24)28-31-26-7-3-4-8-27(26)32-28)22-11-15-25(16-12-22)37(35,36)33-18-17-20-5-1-2-6-23(20)19-33/h1-16H,17-19H2,(H,30,34)(H,31,32). The van der Waals surface area contributed by atoms with Gasteiger partial charge >= 0.3 is 0 Å². The molecule has 37 heavy (non-hydrogen) atoms. The number of carbonyl (C=O) groups is 1. The molecule has 2 N–H and O–H groups in total. The van der Waals surface area contributed by atoms with Gasteiger partial charge in [-0.2, -0.15) is 4.31 Å². The van der Waals surface area contributed by atoms with Crippen LogP contribution in [0.2, 0.25) is 0 Å². The van der Waals surface area contributed by atoms with E-state index in [-0.39, 0.29) is 10.8 Å². The van der Waals surface area contributed by atoms with Crippen molar-refractivity contribution in [1.29, 1.82) is 0 Å². The molecule has 184 valence electrons. The van der Waals surface area contributed by atoms with E-state index in [0.717, 1.165) is 28.0 Å². The van der Waals surface area contributed by atoms with Crippen LogP contribution in [0.1, 0.15) is 21.5 Å². The van der Waals surface area contributed by atoms with Crippen LogP contribution in [0, 0.1) is 0 Å². The Hall–Kier alpha value is -4.27. The topological polar surface area (TPSA) is 95.2 Å². The lowest BCUT2D eigenvalue weighted by atomic mass is 10.0. The van der Waals surface area contributed by atoms with E-state index in [4.69, 9.17) is 0 Å². The second-order valence-corrected chi connectivity index (χ2v) is 11.0. The molecule has 8 heteroatoms. The Morgan fingerprint density at radius 1 is 0.838 bits per heavy atom. The maximum atomic E-state index is 13.2. The number of H-pyrrole nitrogens is 1. The number of amides is 1. The predicted molar refractivity (Wildman–Crippen MR) is 144 cm³/mol. The maximum Gasteiger partial charge on any atom is 0.255 e. The fourth-order valence-corrected chi connectivity index (χ4v) is 6.03. The van der Waals surface area contributed by atoms with E-state index in [1.807, 2.05) is 72.8 Å². The SMILES string of the molecule is O=C(Nc1ccc(-c2nc3ccccc3[nH]2)cc1)c1ccc(S(=O)(=O)N2CCc3ccccc3C2)cc1. The Balaban J connectivity index is 1.14. The minimum Gasteiger partial charge on any atom is -0.338 e. The van der Waals surface area contributed by atoms with E-state index in [0.29, 0.717) is 30.8 Å². The third-order valence-electron chi connectivity index (χ3n) is 6.66. The predicted octanol–water partition coefficient (Wildman–Crippen LogP) is 5.23. The molecular formula is C29H24N4O3S. The lowest BCUT2D eigenvalue weighted by Gasteiger charge is -2.28. The minimum absolute atomic E-state index is 0.179. The van der Waals surface area contributed by atoms with Gasteiger partial charge in [-0.15, -0.1) is 0 Å². The van der Waals surface area contributed by atoms with Crippen LogP contribution in [0.15, 0.2) is 102 Å². The summed E-state index contributed by atoms with van der Waals surface area (Å²) in [6, 6.07) is 29.2. The molecule has 0 unspecified atom stereocenters. The molecular weight excluding hydrogens is 484 g/mol. The highest BCUT2D eigenvalue weighted by atomic mass is 32.2. The van der Waals surface area contributed by atoms with Crippen molar-refractivity contribution in [3.8, 4) is 11.4 Å². The lowest BCUT2D eigenvalue weighted by Crippen LogP contribution is -2.35. The van der Waals surface area contributed by atoms with E-state index in [2.05, 4.69) is 15.3 Å². The first-order valence-electron chi connectivity index (χ1n) is 12.0. The number of nitrogens with one attached hydrogen (secondary N) is 2. The number of para-hydroxylation sites is 2. The zero-order valence-corrected chi connectivity index (χ0v) is 20.7. The maximum absolute atomic E-state index is 13.2. The molecule has 0 saturated heterocycles. The first-order valence-corrected chi connectivity index (χ1v) is 13.4. The fourth-order valence-electron chi connectivity index (χ4n) is 4.61. The number of anilines is 1. The molecule has 1 amide bonds. The third-order valence-corrected chi connectivity index (χ3v) is 8.51. The van der Waals surface area contributed by atoms with Gasteiger partial charge in [-0.05, 0) is 78.2 Å². The zero-order chi connectivity index (χ0) is 25.4. The van der Waals surface area contributed by atoms with Crippen LogP contribution in [0.4, 0.5) is 5.69 Å². The van der Waals surface area contributed by atoms with Crippen LogP contribution in [0.5, 0.6) is 0 Å². The summed E-state index contributed by atoms with van der Waals surface area (Å²) in [5.74, 6) is 0.445. The molecule has 0 saturated carbocycles. The second kappa shape index (κ2) is 9.31. The van der Waals surface area contributed by atoms with Gasteiger partial charge in [0.25, 0.3) is 5.91 Å². The molecule has 0 fully saturated rings. The number of sulfonamides is 1. The molecule has 7 nitrogen and oxygen atoms in total. The molecule has 6 rings (SSSR count). The van der Waals surface area contributed by atoms with Crippen molar-refractivity contribution >= 4 is 32.7 Å². The second-order valence-electron chi connectivity index (χ2n) is 9.02. The number of rotatable bonds is 5. The summed E-state index contributed by atoms with van der Waals surface area (Å²) >= 11 is 0. The molecule has 4 aromatic carbocycles. The van der Waals surface area contributed by atoms with Gasteiger partial charge in [0.1, 0.15) is 5.82 Å². The first-order chi connectivity index (χ1) is 18.0. The van der Waals surface area contributed by atoms with Gasteiger partial charge in [0.05, 0.1) is 15.9 Å². The Labute approximate surface area is 214 Å². The summed E-state index contributed by atoms with van der Waals surface area (Å²) in [7, 11) is -3.65. The summed E-state index contributed by atoms with van der Waals surface area (Å²) in [4.78, 5) is 20.9. The molecule has 0 radical (unpaired) electrons. The first kappa shape index (κ1) is 23.1. The van der Waals surface area contributed by atoms with Crippen LogP contribution in [-0.2, 0) is 23.0 Å². The van der Waals surface area contributed by atoms with E-state index < -0.39 is 10.0 Å². The molecule has 0 bridgehead atoms. The number of carbonyl (C=O) groups excluding carboxylic acids is 1. The van der Waals surface area contributed by atoms with E-state index in [1.54, 1.807) is 12.1 Å². The summed E-state index contributed by atoms with van der Waals surface area (Å²) in [5, 5.41) is 2.87. The molecule has 0 aliphatic carbocycles. The highest BCUT2D eigenvalue weighted by Crippen LogP contribution is 2.26. The molecule has 1 aromatic heterocycles. The summed E-state index contributed by atoms with van der Waals surface area (Å²) in [5.41, 5.74) is 5.99. The number of aromatic nitrogens is 2. The van der Waals surface area contributed by atoms with Crippen molar-refractivity contribution in [3.63, 3.8) is 0 Å². The lowest BCUT2D eigenvalue weighted by molar-refractivity contribution is 0.102. The van der Waals surface area contributed by atoms with Crippen molar-refractivity contribution < 1.29 is 13.2 Å². The monoisotopic (exact) mass is 508 g/mol. The molecule has 0 spiro atoms.